The van der Waals surface area contributed by atoms with Crippen LogP contribution in [0.3, 0.4) is 0 Å². The molecule has 0 spiro atoms. The maximum absolute atomic E-state index is 12.3. The van der Waals surface area contributed by atoms with Gasteiger partial charge in [0.05, 0.1) is 6.54 Å². The fourth-order valence-electron chi connectivity index (χ4n) is 2.17. The second kappa shape index (κ2) is 6.39. The molecule has 0 unspecified atom stereocenters. The first-order chi connectivity index (χ1) is 10.3. The van der Waals surface area contributed by atoms with Crippen LogP contribution < -0.4 is 5.56 Å². The maximum atomic E-state index is 12.3. The number of carbonyl (C=O) groups is 2. The molecule has 1 fully saturated rings. The average molecular weight is 306 g/mol. The number of amides is 1. The Labute approximate surface area is 129 Å². The molecule has 7 nitrogen and oxygen atoms in total. The summed E-state index contributed by atoms with van der Waals surface area (Å²) in [4.78, 5) is 39.0. The Kier molecular flexibility index (Phi) is 4.75. The zero-order valence-electron chi connectivity index (χ0n) is 13.3. The molecule has 1 aromatic heterocycles. The number of hydrogen-bond acceptors (Lipinski definition) is 5. The number of carbonyl (C=O) groups excluding carboxylic acids is 2. The lowest BCUT2D eigenvalue weighted by Crippen LogP contribution is -2.51. The van der Waals surface area contributed by atoms with E-state index in [1.54, 1.807) is 4.90 Å². The molecular weight excluding hydrogens is 284 g/mol. The molecule has 7 heteroatoms. The molecule has 2 rings (SSSR count). The second-order valence-electron chi connectivity index (χ2n) is 6.55. The Morgan fingerprint density at radius 3 is 2.32 bits per heavy atom. The smallest absolute Gasteiger partial charge is 0.274 e. The van der Waals surface area contributed by atoms with Gasteiger partial charge in [-0.25, -0.2) is 5.10 Å². The van der Waals surface area contributed by atoms with Gasteiger partial charge in [-0.15, -0.1) is 0 Å². The predicted molar refractivity (Wildman–Crippen MR) is 81.7 cm³/mol. The van der Waals surface area contributed by atoms with Crippen molar-refractivity contribution in [2.45, 2.75) is 20.8 Å². The van der Waals surface area contributed by atoms with Gasteiger partial charge >= 0.3 is 0 Å². The van der Waals surface area contributed by atoms with Crippen molar-refractivity contribution >= 4 is 11.7 Å². The highest BCUT2D eigenvalue weighted by Gasteiger charge is 2.27. The van der Waals surface area contributed by atoms with Crippen LogP contribution in [-0.2, 0) is 4.79 Å². The van der Waals surface area contributed by atoms with Gasteiger partial charge in [-0.1, -0.05) is 20.8 Å². The van der Waals surface area contributed by atoms with E-state index in [1.807, 2.05) is 20.8 Å². The summed E-state index contributed by atoms with van der Waals surface area (Å²) in [5, 5.41) is 6.02. The molecule has 1 aliphatic rings. The third-order valence-corrected chi connectivity index (χ3v) is 3.76. The van der Waals surface area contributed by atoms with Gasteiger partial charge in [0, 0.05) is 37.7 Å². The van der Waals surface area contributed by atoms with Gasteiger partial charge in [0.25, 0.3) is 11.5 Å². The van der Waals surface area contributed by atoms with Crippen molar-refractivity contribution in [1.29, 1.82) is 0 Å². The van der Waals surface area contributed by atoms with Crippen LogP contribution in [0.15, 0.2) is 16.9 Å². The number of hydrogen-bond donors (Lipinski definition) is 1. The summed E-state index contributed by atoms with van der Waals surface area (Å²) >= 11 is 0. The molecule has 1 amide bonds. The van der Waals surface area contributed by atoms with Crippen LogP contribution in [0.25, 0.3) is 0 Å². The number of ketones is 1. The summed E-state index contributed by atoms with van der Waals surface area (Å²) in [5.41, 5.74) is -0.437. The Hall–Kier alpha value is -2.02. The van der Waals surface area contributed by atoms with Gasteiger partial charge in [-0.2, -0.15) is 5.10 Å². The lowest BCUT2D eigenvalue weighted by Gasteiger charge is -2.35. The molecular formula is C15H22N4O3. The highest BCUT2D eigenvalue weighted by molar-refractivity contribution is 5.92. The van der Waals surface area contributed by atoms with Gasteiger partial charge in [-0.05, 0) is 6.07 Å². The second-order valence-corrected chi connectivity index (χ2v) is 6.55. The summed E-state index contributed by atoms with van der Waals surface area (Å²) in [6, 6.07) is 2.72. The van der Waals surface area contributed by atoms with E-state index in [4.69, 9.17) is 0 Å². The van der Waals surface area contributed by atoms with Gasteiger partial charge < -0.3 is 4.90 Å². The normalized spacial score (nSPS) is 16.6. The van der Waals surface area contributed by atoms with Crippen LogP contribution in [0.4, 0.5) is 0 Å². The van der Waals surface area contributed by atoms with Gasteiger partial charge in [0.1, 0.15) is 5.69 Å². The molecule has 1 saturated heterocycles. The van der Waals surface area contributed by atoms with Crippen LogP contribution in [0.2, 0.25) is 0 Å². The Bertz CT molecular complexity index is 589. The monoisotopic (exact) mass is 306 g/mol. The van der Waals surface area contributed by atoms with Crippen LogP contribution in [-0.4, -0.2) is 64.4 Å². The van der Waals surface area contributed by atoms with E-state index in [0.717, 1.165) is 0 Å². The third-order valence-electron chi connectivity index (χ3n) is 3.76. The maximum Gasteiger partial charge on any atom is 0.274 e. The molecule has 1 aromatic rings. The fraction of sp³-hybridized carbons (Fsp3) is 0.600. The number of aromatic amines is 1. The van der Waals surface area contributed by atoms with Crippen LogP contribution in [0.1, 0.15) is 31.3 Å². The summed E-state index contributed by atoms with van der Waals surface area (Å²) in [6.07, 6.45) is 0. The van der Waals surface area contributed by atoms with Crippen molar-refractivity contribution in [2.75, 3.05) is 32.7 Å². The van der Waals surface area contributed by atoms with E-state index in [-0.39, 0.29) is 28.4 Å². The number of aromatic nitrogens is 2. The van der Waals surface area contributed by atoms with Gasteiger partial charge in [0.2, 0.25) is 0 Å². The minimum Gasteiger partial charge on any atom is -0.335 e. The van der Waals surface area contributed by atoms with E-state index in [1.165, 1.54) is 12.1 Å². The molecule has 1 N–H and O–H groups in total. The summed E-state index contributed by atoms with van der Waals surface area (Å²) < 4.78 is 0. The summed E-state index contributed by atoms with van der Waals surface area (Å²) in [5.74, 6) is 0.00706. The molecule has 2 heterocycles. The SMILES string of the molecule is CC(C)(C)C(=O)CN1CCN(C(=O)c2ccc(=O)[nH]n2)CC1. The standard InChI is InChI=1S/C15H22N4O3/c1-15(2,3)12(20)10-18-6-8-19(9-7-18)14(22)11-4-5-13(21)17-16-11/h4-5H,6-10H2,1-3H3,(H,17,21). The molecule has 0 atom stereocenters. The molecule has 120 valence electrons. The largest absolute Gasteiger partial charge is 0.335 e. The number of H-pyrrole nitrogens is 1. The highest BCUT2D eigenvalue weighted by atomic mass is 16.2. The quantitative estimate of drug-likeness (QED) is 0.858. The van der Waals surface area contributed by atoms with Gasteiger partial charge in [-0.3, -0.25) is 19.3 Å². The number of nitrogens with zero attached hydrogens (tertiary/aromatic N) is 3. The van der Waals surface area contributed by atoms with Crippen LogP contribution >= 0.6 is 0 Å². The molecule has 0 aromatic carbocycles. The number of Topliss-reactive ketones (excluding diaryl/α,β-unsaturated/α-hetero) is 1. The number of piperazine rings is 1. The van der Waals surface area contributed by atoms with Crippen molar-refractivity contribution in [3.05, 3.63) is 28.2 Å². The van der Waals surface area contributed by atoms with Crippen LogP contribution in [0.5, 0.6) is 0 Å². The topological polar surface area (TPSA) is 86.4 Å². The molecule has 0 bridgehead atoms. The van der Waals surface area contributed by atoms with Crippen molar-refractivity contribution in [3.8, 4) is 0 Å². The lowest BCUT2D eigenvalue weighted by molar-refractivity contribution is -0.127. The predicted octanol–water partition coefficient (Wildman–Crippen LogP) is 0.143. The van der Waals surface area contributed by atoms with E-state index in [2.05, 4.69) is 15.1 Å². The summed E-state index contributed by atoms with van der Waals surface area (Å²) in [6.45, 7) is 8.59. The fourth-order valence-corrected chi connectivity index (χ4v) is 2.17. The van der Waals surface area contributed by atoms with E-state index < -0.39 is 0 Å². The zero-order chi connectivity index (χ0) is 16.3. The lowest BCUT2D eigenvalue weighted by atomic mass is 9.90. The van der Waals surface area contributed by atoms with E-state index >= 15 is 0 Å². The molecule has 22 heavy (non-hydrogen) atoms. The first-order valence-electron chi connectivity index (χ1n) is 7.38. The Morgan fingerprint density at radius 1 is 1.18 bits per heavy atom. The summed E-state index contributed by atoms with van der Waals surface area (Å²) in [7, 11) is 0. The van der Waals surface area contributed by atoms with Crippen LogP contribution in [0, 0.1) is 5.41 Å². The minimum absolute atomic E-state index is 0.196. The van der Waals surface area contributed by atoms with Crippen molar-refractivity contribution in [1.82, 2.24) is 20.0 Å². The molecule has 0 radical (unpaired) electrons. The minimum atomic E-state index is -0.340. The Balaban J connectivity index is 1.89. The van der Waals surface area contributed by atoms with Crippen molar-refractivity contribution in [3.63, 3.8) is 0 Å². The molecule has 1 aliphatic heterocycles. The number of rotatable bonds is 3. The zero-order valence-corrected chi connectivity index (χ0v) is 13.3. The van der Waals surface area contributed by atoms with E-state index in [0.29, 0.717) is 32.7 Å². The molecule has 0 aliphatic carbocycles. The first-order valence-corrected chi connectivity index (χ1v) is 7.38. The third kappa shape index (κ3) is 4.00. The van der Waals surface area contributed by atoms with Crippen molar-refractivity contribution < 1.29 is 9.59 Å². The van der Waals surface area contributed by atoms with Crippen molar-refractivity contribution in [2.24, 2.45) is 5.41 Å². The Morgan fingerprint density at radius 2 is 1.82 bits per heavy atom. The first kappa shape index (κ1) is 16.4. The highest BCUT2D eigenvalue weighted by Crippen LogP contribution is 2.16. The van der Waals surface area contributed by atoms with E-state index in [9.17, 15) is 14.4 Å². The molecule has 0 saturated carbocycles. The van der Waals surface area contributed by atoms with Gasteiger partial charge in [0.15, 0.2) is 5.78 Å². The average Bonchev–Trinajstić information content (AvgIpc) is 2.47. The number of nitrogens with one attached hydrogen (secondary N) is 1.